The van der Waals surface area contributed by atoms with Crippen molar-refractivity contribution in [1.82, 2.24) is 14.5 Å². The van der Waals surface area contributed by atoms with Gasteiger partial charge in [-0.3, -0.25) is 19.5 Å². The number of thioether (sulfide) groups is 1. The monoisotopic (exact) mass is 446 g/mol. The maximum absolute atomic E-state index is 13.5. The van der Waals surface area contributed by atoms with E-state index in [1.54, 1.807) is 12.1 Å². The third-order valence-electron chi connectivity index (χ3n) is 5.09. The maximum atomic E-state index is 13.5. The summed E-state index contributed by atoms with van der Waals surface area (Å²) in [6, 6.07) is 19.4. The van der Waals surface area contributed by atoms with Crippen LogP contribution in [0, 0.1) is 15.9 Å². The number of hydrogen-bond acceptors (Lipinski definition) is 5. The number of aromatic amines is 1. The largest absolute Gasteiger partial charge is 0.349 e. The number of para-hydroxylation sites is 1. The van der Waals surface area contributed by atoms with E-state index < -0.39 is 10.7 Å². The van der Waals surface area contributed by atoms with Crippen LogP contribution < -0.4 is 5.56 Å². The molecule has 0 aliphatic heterocycles. The minimum atomic E-state index is -0.449. The van der Waals surface area contributed by atoms with Gasteiger partial charge in [0.1, 0.15) is 16.9 Å². The SMILES string of the molecule is O=c1c2[nH]c3ccccc3c2nc(SCc2ccc([N+](=O)[O-])cc2)n1-c1ccc(F)cc1. The second-order valence-corrected chi connectivity index (χ2v) is 8.06. The fourth-order valence-corrected chi connectivity index (χ4v) is 4.48. The molecule has 1 N–H and O–H groups in total. The maximum Gasteiger partial charge on any atom is 0.283 e. The van der Waals surface area contributed by atoms with Gasteiger partial charge in [0.05, 0.1) is 10.6 Å². The van der Waals surface area contributed by atoms with E-state index in [1.807, 2.05) is 24.3 Å². The number of nitrogens with zero attached hydrogens (tertiary/aromatic N) is 3. The summed E-state index contributed by atoms with van der Waals surface area (Å²) in [7, 11) is 0. The molecule has 0 amide bonds. The van der Waals surface area contributed by atoms with E-state index >= 15 is 0 Å². The lowest BCUT2D eigenvalue weighted by atomic mass is 10.2. The normalized spacial score (nSPS) is 11.3. The highest BCUT2D eigenvalue weighted by molar-refractivity contribution is 7.98. The minimum absolute atomic E-state index is 0.0142. The Hall–Kier alpha value is -3.98. The lowest BCUT2D eigenvalue weighted by Gasteiger charge is -2.12. The Bertz CT molecular complexity index is 1530. The lowest BCUT2D eigenvalue weighted by molar-refractivity contribution is -0.384. The molecule has 32 heavy (non-hydrogen) atoms. The van der Waals surface area contributed by atoms with E-state index in [2.05, 4.69) is 4.98 Å². The molecular formula is C23H15FN4O3S. The molecular weight excluding hydrogens is 431 g/mol. The van der Waals surface area contributed by atoms with Crippen LogP contribution in [-0.4, -0.2) is 19.5 Å². The molecule has 5 rings (SSSR count). The Labute approximate surface area is 184 Å². The number of halogens is 1. The van der Waals surface area contributed by atoms with Gasteiger partial charge in [-0.25, -0.2) is 9.37 Å². The summed E-state index contributed by atoms with van der Waals surface area (Å²) in [5, 5.41) is 12.2. The van der Waals surface area contributed by atoms with E-state index in [4.69, 9.17) is 4.98 Å². The average molecular weight is 446 g/mol. The second kappa shape index (κ2) is 7.93. The van der Waals surface area contributed by atoms with Crippen LogP contribution in [0.2, 0.25) is 0 Å². The summed E-state index contributed by atoms with van der Waals surface area (Å²) >= 11 is 1.33. The quantitative estimate of drug-likeness (QED) is 0.173. The number of hydrogen-bond donors (Lipinski definition) is 1. The van der Waals surface area contributed by atoms with Crippen LogP contribution in [0.4, 0.5) is 10.1 Å². The van der Waals surface area contributed by atoms with Crippen molar-refractivity contribution in [1.29, 1.82) is 0 Å². The Morgan fingerprint density at radius 3 is 2.47 bits per heavy atom. The Morgan fingerprint density at radius 1 is 1.03 bits per heavy atom. The van der Waals surface area contributed by atoms with Crippen LogP contribution in [0.5, 0.6) is 0 Å². The molecule has 0 unspecified atom stereocenters. The molecule has 3 aromatic carbocycles. The number of aromatic nitrogens is 3. The van der Waals surface area contributed by atoms with Crippen molar-refractivity contribution < 1.29 is 9.31 Å². The number of nitro benzene ring substituents is 1. The Morgan fingerprint density at radius 2 is 1.75 bits per heavy atom. The fourth-order valence-electron chi connectivity index (χ4n) is 3.52. The molecule has 2 aromatic heterocycles. The van der Waals surface area contributed by atoms with Crippen molar-refractivity contribution in [2.45, 2.75) is 10.9 Å². The van der Waals surface area contributed by atoms with Crippen LogP contribution in [0.1, 0.15) is 5.56 Å². The summed E-state index contributed by atoms with van der Waals surface area (Å²) in [5.74, 6) is 0.0426. The highest BCUT2D eigenvalue weighted by Gasteiger charge is 2.17. The second-order valence-electron chi connectivity index (χ2n) is 7.12. The predicted molar refractivity (Wildman–Crippen MR) is 122 cm³/mol. The zero-order valence-electron chi connectivity index (χ0n) is 16.5. The molecule has 0 atom stereocenters. The number of rotatable bonds is 5. The number of fused-ring (bicyclic) bond motifs is 3. The molecule has 7 nitrogen and oxygen atoms in total. The van der Waals surface area contributed by atoms with Crippen LogP contribution in [0.3, 0.4) is 0 Å². The van der Waals surface area contributed by atoms with Gasteiger partial charge in [0.2, 0.25) is 0 Å². The standard InChI is InChI=1S/C23H15FN4O3S/c24-15-7-11-16(12-8-15)27-22(29)21-20(18-3-1-2-4-19(18)25-21)26-23(27)32-13-14-5-9-17(10-6-14)28(30)31/h1-12,25H,13H2. The van der Waals surface area contributed by atoms with Crippen molar-refractivity contribution in [2.24, 2.45) is 0 Å². The van der Waals surface area contributed by atoms with Gasteiger partial charge in [-0.2, -0.15) is 0 Å². The van der Waals surface area contributed by atoms with Crippen LogP contribution in [0.25, 0.3) is 27.6 Å². The first-order chi connectivity index (χ1) is 15.5. The molecule has 0 radical (unpaired) electrons. The molecule has 0 fully saturated rings. The Balaban J connectivity index is 1.63. The molecule has 0 bridgehead atoms. The number of nitrogens with one attached hydrogen (secondary N) is 1. The minimum Gasteiger partial charge on any atom is -0.349 e. The van der Waals surface area contributed by atoms with Crippen LogP contribution in [-0.2, 0) is 5.75 Å². The van der Waals surface area contributed by atoms with Gasteiger partial charge < -0.3 is 4.98 Å². The van der Waals surface area contributed by atoms with E-state index in [9.17, 15) is 19.3 Å². The number of benzene rings is 3. The Kier molecular flexibility index (Phi) is 4.95. The van der Waals surface area contributed by atoms with E-state index in [-0.39, 0.29) is 11.2 Å². The summed E-state index contributed by atoms with van der Waals surface area (Å²) in [4.78, 5) is 31.8. The van der Waals surface area contributed by atoms with Crippen molar-refractivity contribution in [2.75, 3.05) is 0 Å². The summed E-state index contributed by atoms with van der Waals surface area (Å²) in [6.07, 6.45) is 0. The average Bonchev–Trinajstić information content (AvgIpc) is 3.18. The van der Waals surface area contributed by atoms with E-state index in [0.717, 1.165) is 16.5 Å². The van der Waals surface area contributed by atoms with Gasteiger partial charge in [-0.1, -0.05) is 42.1 Å². The summed E-state index contributed by atoms with van der Waals surface area (Å²) in [5.41, 5.74) is 2.81. The molecule has 0 spiro atoms. The van der Waals surface area contributed by atoms with Crippen molar-refractivity contribution in [3.63, 3.8) is 0 Å². The van der Waals surface area contributed by atoms with Gasteiger partial charge in [0.15, 0.2) is 5.16 Å². The molecule has 0 aliphatic rings. The third kappa shape index (κ3) is 3.52. The molecule has 0 saturated carbocycles. The predicted octanol–water partition coefficient (Wildman–Crippen LogP) is 5.21. The van der Waals surface area contributed by atoms with Gasteiger partial charge >= 0.3 is 0 Å². The van der Waals surface area contributed by atoms with Gasteiger partial charge in [-0.05, 0) is 35.9 Å². The molecule has 0 saturated heterocycles. The van der Waals surface area contributed by atoms with Gasteiger partial charge in [-0.15, -0.1) is 0 Å². The number of H-pyrrole nitrogens is 1. The highest BCUT2D eigenvalue weighted by Crippen LogP contribution is 2.28. The highest BCUT2D eigenvalue weighted by atomic mass is 32.2. The zero-order valence-corrected chi connectivity index (χ0v) is 17.3. The molecule has 158 valence electrons. The van der Waals surface area contributed by atoms with E-state index in [0.29, 0.717) is 27.6 Å². The van der Waals surface area contributed by atoms with Crippen molar-refractivity contribution in [3.05, 3.63) is 105 Å². The van der Waals surface area contributed by atoms with Crippen LogP contribution in [0.15, 0.2) is 82.7 Å². The van der Waals surface area contributed by atoms with E-state index in [1.165, 1.54) is 52.7 Å². The fraction of sp³-hybridized carbons (Fsp3) is 0.0435. The lowest BCUT2D eigenvalue weighted by Crippen LogP contribution is -2.21. The smallest absolute Gasteiger partial charge is 0.283 e. The molecule has 0 aliphatic carbocycles. The molecule has 5 aromatic rings. The molecule has 2 heterocycles. The zero-order chi connectivity index (χ0) is 22.2. The van der Waals surface area contributed by atoms with Crippen LogP contribution >= 0.6 is 11.8 Å². The van der Waals surface area contributed by atoms with Crippen molar-refractivity contribution >= 4 is 39.4 Å². The first-order valence-electron chi connectivity index (χ1n) is 9.67. The van der Waals surface area contributed by atoms with Gasteiger partial charge in [0, 0.05) is 28.8 Å². The third-order valence-corrected chi connectivity index (χ3v) is 6.10. The molecule has 9 heteroatoms. The topological polar surface area (TPSA) is 93.8 Å². The number of nitro groups is 1. The van der Waals surface area contributed by atoms with Gasteiger partial charge in [0.25, 0.3) is 11.2 Å². The number of non-ortho nitro benzene ring substituents is 1. The first kappa shape index (κ1) is 20.0. The summed E-state index contributed by atoms with van der Waals surface area (Å²) < 4.78 is 14.9. The first-order valence-corrected chi connectivity index (χ1v) is 10.7. The summed E-state index contributed by atoms with van der Waals surface area (Å²) in [6.45, 7) is 0. The van der Waals surface area contributed by atoms with Crippen molar-refractivity contribution in [3.8, 4) is 5.69 Å².